The molecule has 1 aromatic rings. The number of imidazole rings is 1. The van der Waals surface area contributed by atoms with Crippen molar-refractivity contribution in [2.45, 2.75) is 46.2 Å². The molecular weight excluding hydrogens is 186 g/mol. The van der Waals surface area contributed by atoms with Gasteiger partial charge in [0.05, 0.1) is 12.0 Å². The van der Waals surface area contributed by atoms with E-state index in [-0.39, 0.29) is 0 Å². The average Bonchev–Trinajstić information content (AvgIpc) is 2.59. The first-order valence-electron chi connectivity index (χ1n) is 5.93. The highest BCUT2D eigenvalue weighted by molar-refractivity contribution is 5.17. The van der Waals surface area contributed by atoms with Crippen LogP contribution in [-0.2, 0) is 13.0 Å². The Morgan fingerprint density at radius 1 is 1.47 bits per heavy atom. The molecule has 1 unspecified atom stereocenters. The third-order valence-electron chi connectivity index (χ3n) is 3.10. The van der Waals surface area contributed by atoms with E-state index in [9.17, 15) is 0 Å². The van der Waals surface area contributed by atoms with Gasteiger partial charge >= 0.3 is 0 Å². The van der Waals surface area contributed by atoms with Crippen LogP contribution in [0.25, 0.3) is 0 Å². The van der Waals surface area contributed by atoms with Crippen molar-refractivity contribution in [2.24, 2.45) is 5.92 Å². The van der Waals surface area contributed by atoms with E-state index in [4.69, 9.17) is 0 Å². The van der Waals surface area contributed by atoms with E-state index in [1.165, 1.54) is 17.8 Å². The predicted molar refractivity (Wildman–Crippen MR) is 61.8 cm³/mol. The number of rotatable bonds is 3. The molecule has 0 spiro atoms. The lowest BCUT2D eigenvalue weighted by Gasteiger charge is -2.21. The lowest BCUT2D eigenvalue weighted by atomic mass is 10.0. The van der Waals surface area contributed by atoms with Crippen molar-refractivity contribution >= 4 is 0 Å². The Kier molecular flexibility index (Phi) is 3.10. The summed E-state index contributed by atoms with van der Waals surface area (Å²) >= 11 is 0. The molecule has 0 saturated carbocycles. The lowest BCUT2D eigenvalue weighted by molar-refractivity contribution is 0.414. The van der Waals surface area contributed by atoms with E-state index in [0.717, 1.165) is 25.4 Å². The minimum absolute atomic E-state index is 0.583. The van der Waals surface area contributed by atoms with Gasteiger partial charge in [0, 0.05) is 31.2 Å². The molecule has 1 atom stereocenters. The fourth-order valence-electron chi connectivity index (χ4n) is 2.44. The maximum Gasteiger partial charge on any atom is 0.0954 e. The summed E-state index contributed by atoms with van der Waals surface area (Å²) in [7, 11) is 0. The number of nitrogens with zero attached hydrogens (tertiary/aromatic N) is 2. The fraction of sp³-hybridized carbons (Fsp3) is 0.750. The van der Waals surface area contributed by atoms with E-state index in [1.54, 1.807) is 0 Å². The Morgan fingerprint density at radius 3 is 3.00 bits per heavy atom. The molecule has 0 saturated heterocycles. The molecule has 0 amide bonds. The summed E-state index contributed by atoms with van der Waals surface area (Å²) in [5, 5.41) is 3.36. The Balaban J connectivity index is 2.17. The summed E-state index contributed by atoms with van der Waals surface area (Å²) in [5.74, 6) is 0.750. The fourth-order valence-corrected chi connectivity index (χ4v) is 2.44. The largest absolute Gasteiger partial charge is 0.331 e. The van der Waals surface area contributed by atoms with Crippen molar-refractivity contribution < 1.29 is 0 Å². The molecule has 3 heteroatoms. The van der Waals surface area contributed by atoms with Crippen LogP contribution in [0, 0.1) is 5.92 Å². The first-order valence-corrected chi connectivity index (χ1v) is 5.93. The zero-order valence-corrected chi connectivity index (χ0v) is 9.95. The van der Waals surface area contributed by atoms with Gasteiger partial charge in [-0.3, -0.25) is 0 Å². The normalized spacial score (nSPS) is 17.9. The second kappa shape index (κ2) is 4.35. The molecular formula is C12H21N3. The molecule has 2 rings (SSSR count). The van der Waals surface area contributed by atoms with E-state index in [1.807, 2.05) is 6.33 Å². The molecule has 0 aromatic carbocycles. The van der Waals surface area contributed by atoms with Gasteiger partial charge in [-0.25, -0.2) is 4.98 Å². The van der Waals surface area contributed by atoms with Gasteiger partial charge in [0.2, 0.25) is 0 Å². The van der Waals surface area contributed by atoms with Gasteiger partial charge in [0.15, 0.2) is 0 Å². The molecule has 1 aliphatic rings. The quantitative estimate of drug-likeness (QED) is 0.823. The Labute approximate surface area is 91.9 Å². The maximum absolute atomic E-state index is 4.49. The predicted octanol–water partition coefficient (Wildman–Crippen LogP) is 2.14. The Bertz CT molecular complexity index is 328. The number of hydrogen-bond donors (Lipinski definition) is 1. The maximum atomic E-state index is 4.49. The summed E-state index contributed by atoms with van der Waals surface area (Å²) in [6.45, 7) is 8.89. The molecule has 2 heterocycles. The van der Waals surface area contributed by atoms with Crippen LogP contribution in [0.1, 0.15) is 44.6 Å². The number of aromatic nitrogens is 2. The highest BCUT2D eigenvalue weighted by Crippen LogP contribution is 2.22. The van der Waals surface area contributed by atoms with Gasteiger partial charge in [-0.1, -0.05) is 13.8 Å². The van der Waals surface area contributed by atoms with Crippen LogP contribution in [-0.4, -0.2) is 16.1 Å². The summed E-state index contributed by atoms with van der Waals surface area (Å²) < 4.78 is 2.37. The van der Waals surface area contributed by atoms with E-state index >= 15 is 0 Å². The number of fused-ring (bicyclic) bond motifs is 1. The van der Waals surface area contributed by atoms with Gasteiger partial charge in [-0.2, -0.15) is 0 Å². The Morgan fingerprint density at radius 2 is 2.27 bits per heavy atom. The molecule has 0 radical (unpaired) electrons. The molecule has 1 aromatic heterocycles. The molecule has 1 N–H and O–H groups in total. The van der Waals surface area contributed by atoms with Crippen LogP contribution < -0.4 is 5.32 Å². The minimum atomic E-state index is 0.583. The average molecular weight is 207 g/mol. The van der Waals surface area contributed by atoms with Crippen LogP contribution >= 0.6 is 0 Å². The lowest BCUT2D eigenvalue weighted by Crippen LogP contribution is -2.25. The van der Waals surface area contributed by atoms with Crippen molar-refractivity contribution in [3.05, 3.63) is 17.7 Å². The monoisotopic (exact) mass is 207 g/mol. The van der Waals surface area contributed by atoms with Gasteiger partial charge in [0.25, 0.3) is 0 Å². The summed E-state index contributed by atoms with van der Waals surface area (Å²) in [6, 6.07) is 0.583. The molecule has 3 nitrogen and oxygen atoms in total. The summed E-state index contributed by atoms with van der Waals surface area (Å²) in [6.07, 6.45) is 4.37. The van der Waals surface area contributed by atoms with E-state index in [2.05, 4.69) is 35.6 Å². The highest BCUT2D eigenvalue weighted by Gasteiger charge is 2.18. The van der Waals surface area contributed by atoms with Gasteiger partial charge in [-0.05, 0) is 19.3 Å². The molecule has 1 aliphatic heterocycles. The molecule has 84 valence electrons. The van der Waals surface area contributed by atoms with Crippen LogP contribution in [0.15, 0.2) is 6.33 Å². The first kappa shape index (κ1) is 10.7. The van der Waals surface area contributed by atoms with Gasteiger partial charge in [-0.15, -0.1) is 0 Å². The van der Waals surface area contributed by atoms with Gasteiger partial charge < -0.3 is 9.88 Å². The topological polar surface area (TPSA) is 29.9 Å². The van der Waals surface area contributed by atoms with Crippen LogP contribution in [0.5, 0.6) is 0 Å². The van der Waals surface area contributed by atoms with E-state index in [0.29, 0.717) is 6.04 Å². The van der Waals surface area contributed by atoms with Gasteiger partial charge in [0.1, 0.15) is 0 Å². The number of hydrogen-bond acceptors (Lipinski definition) is 2. The van der Waals surface area contributed by atoms with E-state index < -0.39 is 0 Å². The second-order valence-electron chi connectivity index (χ2n) is 4.95. The Hall–Kier alpha value is -0.830. The minimum Gasteiger partial charge on any atom is -0.331 e. The highest BCUT2D eigenvalue weighted by atomic mass is 15.1. The SMILES string of the molecule is CC(C)CC(C)n1cnc2c1CCNC2. The van der Waals surface area contributed by atoms with Crippen molar-refractivity contribution in [3.8, 4) is 0 Å². The molecule has 0 bridgehead atoms. The molecule has 0 aliphatic carbocycles. The van der Waals surface area contributed by atoms with Crippen molar-refractivity contribution in [3.63, 3.8) is 0 Å². The zero-order valence-electron chi connectivity index (χ0n) is 9.95. The smallest absolute Gasteiger partial charge is 0.0954 e. The van der Waals surface area contributed by atoms with Crippen molar-refractivity contribution in [1.29, 1.82) is 0 Å². The third kappa shape index (κ3) is 2.23. The molecule has 15 heavy (non-hydrogen) atoms. The first-order chi connectivity index (χ1) is 7.18. The number of nitrogens with one attached hydrogen (secondary N) is 1. The standard InChI is InChI=1S/C12H21N3/c1-9(2)6-10(3)15-8-14-11-7-13-5-4-12(11)15/h8-10,13H,4-7H2,1-3H3. The van der Waals surface area contributed by atoms with Crippen LogP contribution in [0.2, 0.25) is 0 Å². The summed E-state index contributed by atoms with van der Waals surface area (Å²) in [5.41, 5.74) is 2.69. The third-order valence-corrected chi connectivity index (χ3v) is 3.10. The summed E-state index contributed by atoms with van der Waals surface area (Å²) in [4.78, 5) is 4.49. The molecule has 0 fully saturated rings. The van der Waals surface area contributed by atoms with Crippen molar-refractivity contribution in [2.75, 3.05) is 6.54 Å². The second-order valence-corrected chi connectivity index (χ2v) is 4.95. The zero-order chi connectivity index (χ0) is 10.8. The van der Waals surface area contributed by atoms with Crippen LogP contribution in [0.3, 0.4) is 0 Å². The van der Waals surface area contributed by atoms with Crippen molar-refractivity contribution in [1.82, 2.24) is 14.9 Å². The van der Waals surface area contributed by atoms with Crippen LogP contribution in [0.4, 0.5) is 0 Å².